The number of carbonyl (C=O) groups excluding carboxylic acids is 3. The Morgan fingerprint density at radius 2 is 1.23 bits per heavy atom. The molecule has 0 radical (unpaired) electrons. The summed E-state index contributed by atoms with van der Waals surface area (Å²) in [6.07, 6.45) is 1.77. The number of hydrogen-bond acceptors (Lipinski definition) is 5. The molecule has 7 heteroatoms. The summed E-state index contributed by atoms with van der Waals surface area (Å²) in [6.45, 7) is 4.04. The van der Waals surface area contributed by atoms with Gasteiger partial charge in [0.25, 0.3) is 0 Å². The zero-order valence-electron chi connectivity index (χ0n) is 22.7. The SMILES string of the molecule is CC(C)C[C@@H](NC(=O)[C@@H](N)CCc1ccccc1)C(=O)N[C@H](Cc1ccccc1)C(=O)OCc1ccccc1. The third-order valence-corrected chi connectivity index (χ3v) is 6.37. The number of carbonyl (C=O) groups is 3. The molecule has 0 aliphatic carbocycles. The van der Waals surface area contributed by atoms with Crippen LogP contribution in [0.4, 0.5) is 0 Å². The largest absolute Gasteiger partial charge is 0.459 e. The van der Waals surface area contributed by atoms with Gasteiger partial charge in [-0.3, -0.25) is 9.59 Å². The summed E-state index contributed by atoms with van der Waals surface area (Å²) < 4.78 is 5.56. The van der Waals surface area contributed by atoms with Crippen LogP contribution in [0.2, 0.25) is 0 Å². The predicted octanol–water partition coefficient (Wildman–Crippen LogP) is 3.95. The zero-order chi connectivity index (χ0) is 28.0. The Labute approximate surface area is 231 Å². The van der Waals surface area contributed by atoms with Crippen LogP contribution < -0.4 is 16.4 Å². The van der Waals surface area contributed by atoms with Gasteiger partial charge in [-0.05, 0) is 41.9 Å². The van der Waals surface area contributed by atoms with E-state index in [0.717, 1.165) is 16.7 Å². The molecule has 4 N–H and O–H groups in total. The smallest absolute Gasteiger partial charge is 0.329 e. The van der Waals surface area contributed by atoms with Crippen LogP contribution >= 0.6 is 0 Å². The summed E-state index contributed by atoms with van der Waals surface area (Å²) in [5, 5.41) is 5.66. The number of benzene rings is 3. The van der Waals surface area contributed by atoms with E-state index in [4.69, 9.17) is 10.5 Å². The highest BCUT2D eigenvalue weighted by Gasteiger charge is 2.29. The molecule has 3 rings (SSSR count). The molecular weight excluding hydrogens is 490 g/mol. The Kier molecular flexibility index (Phi) is 11.7. The predicted molar refractivity (Wildman–Crippen MR) is 152 cm³/mol. The van der Waals surface area contributed by atoms with Crippen molar-refractivity contribution >= 4 is 17.8 Å². The number of ether oxygens (including phenoxy) is 1. The van der Waals surface area contributed by atoms with Crippen LogP contribution in [0.1, 0.15) is 43.4 Å². The Hall–Kier alpha value is -3.97. The molecule has 2 amide bonds. The van der Waals surface area contributed by atoms with E-state index in [0.29, 0.717) is 19.3 Å². The highest BCUT2D eigenvalue weighted by Crippen LogP contribution is 2.11. The number of esters is 1. The Balaban J connectivity index is 1.66. The fourth-order valence-electron chi connectivity index (χ4n) is 4.22. The molecule has 0 saturated heterocycles. The molecule has 7 nitrogen and oxygen atoms in total. The lowest BCUT2D eigenvalue weighted by molar-refractivity contribution is -0.149. The topological polar surface area (TPSA) is 111 Å². The van der Waals surface area contributed by atoms with E-state index in [1.165, 1.54) is 0 Å². The van der Waals surface area contributed by atoms with Gasteiger partial charge in [-0.2, -0.15) is 0 Å². The van der Waals surface area contributed by atoms with Gasteiger partial charge in [0.2, 0.25) is 11.8 Å². The number of amides is 2. The van der Waals surface area contributed by atoms with Gasteiger partial charge in [-0.25, -0.2) is 4.79 Å². The van der Waals surface area contributed by atoms with Crippen molar-refractivity contribution in [1.29, 1.82) is 0 Å². The molecule has 0 aliphatic rings. The van der Waals surface area contributed by atoms with Gasteiger partial charge in [-0.1, -0.05) is 105 Å². The zero-order valence-corrected chi connectivity index (χ0v) is 22.7. The van der Waals surface area contributed by atoms with Crippen molar-refractivity contribution in [1.82, 2.24) is 10.6 Å². The summed E-state index contributed by atoms with van der Waals surface area (Å²) in [4.78, 5) is 39.5. The van der Waals surface area contributed by atoms with Crippen molar-refractivity contribution in [3.63, 3.8) is 0 Å². The van der Waals surface area contributed by atoms with Crippen LogP contribution in [-0.2, 0) is 38.6 Å². The van der Waals surface area contributed by atoms with Crippen molar-refractivity contribution in [3.05, 3.63) is 108 Å². The lowest BCUT2D eigenvalue weighted by Gasteiger charge is -2.25. The van der Waals surface area contributed by atoms with Crippen molar-refractivity contribution in [3.8, 4) is 0 Å². The Morgan fingerprint density at radius 3 is 1.79 bits per heavy atom. The van der Waals surface area contributed by atoms with Gasteiger partial charge in [0.1, 0.15) is 18.7 Å². The molecule has 206 valence electrons. The molecule has 39 heavy (non-hydrogen) atoms. The summed E-state index contributed by atoms with van der Waals surface area (Å²) in [5.41, 5.74) is 9.00. The molecule has 0 spiro atoms. The van der Waals surface area contributed by atoms with Crippen LogP contribution in [0.15, 0.2) is 91.0 Å². The van der Waals surface area contributed by atoms with Crippen LogP contribution in [0.5, 0.6) is 0 Å². The molecule has 0 aromatic heterocycles. The van der Waals surface area contributed by atoms with E-state index in [1.54, 1.807) is 0 Å². The van der Waals surface area contributed by atoms with Gasteiger partial charge in [0, 0.05) is 6.42 Å². The quantitative estimate of drug-likeness (QED) is 0.274. The normalized spacial score (nSPS) is 13.2. The van der Waals surface area contributed by atoms with Gasteiger partial charge in [0.15, 0.2) is 0 Å². The fraction of sp³-hybridized carbons (Fsp3) is 0.344. The van der Waals surface area contributed by atoms with E-state index < -0.39 is 35.9 Å². The average molecular weight is 530 g/mol. The van der Waals surface area contributed by atoms with Crippen LogP contribution in [0.3, 0.4) is 0 Å². The second-order valence-electron chi connectivity index (χ2n) is 10.2. The molecule has 0 unspecified atom stereocenters. The minimum Gasteiger partial charge on any atom is -0.459 e. The molecule has 0 fully saturated rings. The van der Waals surface area contributed by atoms with Crippen molar-refractivity contribution in [2.45, 2.75) is 64.3 Å². The monoisotopic (exact) mass is 529 g/mol. The highest BCUT2D eigenvalue weighted by atomic mass is 16.5. The third kappa shape index (κ3) is 10.4. The van der Waals surface area contributed by atoms with E-state index in [9.17, 15) is 14.4 Å². The maximum Gasteiger partial charge on any atom is 0.329 e. The summed E-state index contributed by atoms with van der Waals surface area (Å²) >= 11 is 0. The van der Waals surface area contributed by atoms with Crippen LogP contribution in [0, 0.1) is 5.92 Å². The Bertz CT molecular complexity index is 1170. The molecule has 3 atom stereocenters. The van der Waals surface area contributed by atoms with Crippen molar-refractivity contribution < 1.29 is 19.1 Å². The molecule has 3 aromatic carbocycles. The van der Waals surface area contributed by atoms with Crippen LogP contribution in [-0.4, -0.2) is 35.9 Å². The van der Waals surface area contributed by atoms with Gasteiger partial charge in [0.05, 0.1) is 6.04 Å². The first-order chi connectivity index (χ1) is 18.8. The maximum absolute atomic E-state index is 13.4. The van der Waals surface area contributed by atoms with Crippen molar-refractivity contribution in [2.75, 3.05) is 0 Å². The third-order valence-electron chi connectivity index (χ3n) is 6.37. The molecule has 0 saturated carbocycles. The first-order valence-corrected chi connectivity index (χ1v) is 13.5. The number of nitrogens with two attached hydrogens (primary N) is 1. The molecule has 0 heterocycles. The first kappa shape index (κ1) is 29.6. The van der Waals surface area contributed by atoms with Gasteiger partial charge in [-0.15, -0.1) is 0 Å². The number of aryl methyl sites for hydroxylation is 1. The summed E-state index contributed by atoms with van der Waals surface area (Å²) in [7, 11) is 0. The van der Waals surface area contributed by atoms with E-state index in [2.05, 4.69) is 10.6 Å². The van der Waals surface area contributed by atoms with Gasteiger partial charge < -0.3 is 21.1 Å². The molecule has 0 aliphatic heterocycles. The standard InChI is InChI=1S/C32H39N3O4/c1-23(2)20-28(34-30(36)27(33)19-18-24-12-6-3-7-13-24)31(37)35-29(21-25-14-8-4-9-15-25)32(38)39-22-26-16-10-5-11-17-26/h3-17,23,27-29H,18-22,33H2,1-2H3,(H,34,36)(H,35,37)/t27-,28+,29+/m0/s1. The highest BCUT2D eigenvalue weighted by molar-refractivity contribution is 5.92. The molecular formula is C32H39N3O4. The lowest BCUT2D eigenvalue weighted by atomic mass is 10.00. The first-order valence-electron chi connectivity index (χ1n) is 13.5. The van der Waals surface area contributed by atoms with E-state index in [-0.39, 0.29) is 18.9 Å². The molecule has 3 aromatic rings. The lowest BCUT2D eigenvalue weighted by Crippen LogP contribution is -2.55. The average Bonchev–Trinajstić information content (AvgIpc) is 2.95. The second-order valence-corrected chi connectivity index (χ2v) is 10.2. The maximum atomic E-state index is 13.4. The Morgan fingerprint density at radius 1 is 0.718 bits per heavy atom. The summed E-state index contributed by atoms with van der Waals surface area (Å²) in [6, 6.07) is 26.1. The van der Waals surface area contributed by atoms with E-state index >= 15 is 0 Å². The number of rotatable bonds is 14. The van der Waals surface area contributed by atoms with Crippen LogP contribution in [0.25, 0.3) is 0 Å². The summed E-state index contributed by atoms with van der Waals surface area (Å²) in [5.74, 6) is -1.24. The molecule has 0 bridgehead atoms. The van der Waals surface area contributed by atoms with Crippen molar-refractivity contribution in [2.24, 2.45) is 11.7 Å². The number of hydrogen-bond donors (Lipinski definition) is 3. The minimum atomic E-state index is -0.915. The second kappa shape index (κ2) is 15.4. The fourth-order valence-corrected chi connectivity index (χ4v) is 4.22. The van der Waals surface area contributed by atoms with Gasteiger partial charge >= 0.3 is 5.97 Å². The number of nitrogens with one attached hydrogen (secondary N) is 2. The van der Waals surface area contributed by atoms with E-state index in [1.807, 2.05) is 105 Å². The minimum absolute atomic E-state index is 0.100.